The fraction of sp³-hybridized carbons (Fsp3) is 0.500. The van der Waals surface area contributed by atoms with Crippen molar-refractivity contribution in [2.75, 3.05) is 0 Å². The van der Waals surface area contributed by atoms with Gasteiger partial charge in [0, 0.05) is 17.1 Å². The van der Waals surface area contributed by atoms with E-state index in [4.69, 9.17) is 9.98 Å². The van der Waals surface area contributed by atoms with Gasteiger partial charge in [0.2, 0.25) is 0 Å². The van der Waals surface area contributed by atoms with Crippen LogP contribution in [0.5, 0.6) is 0 Å². The van der Waals surface area contributed by atoms with E-state index in [0.717, 1.165) is 55.6 Å². The van der Waals surface area contributed by atoms with Gasteiger partial charge in [0.1, 0.15) is 0 Å². The molecule has 0 saturated carbocycles. The molecule has 0 amide bonds. The number of H-pyrrole nitrogens is 1. The Kier molecular flexibility index (Phi) is 7.35. The van der Waals surface area contributed by atoms with Crippen molar-refractivity contribution in [2.24, 2.45) is 9.98 Å². The summed E-state index contributed by atoms with van der Waals surface area (Å²) in [6.07, 6.45) is 10.6. The fourth-order valence-corrected chi connectivity index (χ4v) is 5.29. The van der Waals surface area contributed by atoms with Crippen molar-refractivity contribution in [3.63, 3.8) is 0 Å². The molecule has 0 fully saturated rings. The van der Waals surface area contributed by atoms with Gasteiger partial charge < -0.3 is 4.98 Å². The summed E-state index contributed by atoms with van der Waals surface area (Å²) >= 11 is 0. The number of hydrogen-bond donors (Lipinski definition) is 1. The number of aryl methyl sites for hydroxylation is 1. The van der Waals surface area contributed by atoms with E-state index in [-0.39, 0.29) is 0 Å². The van der Waals surface area contributed by atoms with E-state index in [9.17, 15) is 0 Å². The second-order valence-corrected chi connectivity index (χ2v) is 8.41. The van der Waals surface area contributed by atoms with Gasteiger partial charge in [-0.1, -0.05) is 41.5 Å². The van der Waals surface area contributed by atoms with Gasteiger partial charge in [-0.25, -0.2) is 4.99 Å². The standard InChI is InChI=1S/C28H39N3/c1-9-19-17(7)29-25(21(19)11-3)15-27-23(13-5)24(14-6)28(31-27)16-26-22(12-4)20(10-2)18(8)30-26/h15-16,29H,9-14H2,1-8H3. The monoisotopic (exact) mass is 417 g/mol. The second kappa shape index (κ2) is 9.80. The van der Waals surface area contributed by atoms with Crippen LogP contribution in [0.1, 0.15) is 96.7 Å². The molecule has 0 aromatic carbocycles. The SMILES string of the molecule is CCC1=C(CC)C(C)=NC1=CC1=NC(=Cc2[nH]c(C)c(CC)c2CC)C(CC)=C1CC. The number of aromatic amines is 1. The Labute approximate surface area is 188 Å². The first kappa shape index (κ1) is 23.2. The van der Waals surface area contributed by atoms with Gasteiger partial charge in [-0.2, -0.15) is 0 Å². The molecule has 0 spiro atoms. The van der Waals surface area contributed by atoms with Gasteiger partial charge in [-0.3, -0.25) is 4.99 Å². The normalized spacial score (nSPS) is 19.4. The largest absolute Gasteiger partial charge is 0.359 e. The van der Waals surface area contributed by atoms with Crippen molar-refractivity contribution >= 4 is 17.5 Å². The van der Waals surface area contributed by atoms with Gasteiger partial charge in [0.15, 0.2) is 0 Å². The molecular formula is C28H39N3. The van der Waals surface area contributed by atoms with E-state index in [2.05, 4.69) is 72.5 Å². The van der Waals surface area contributed by atoms with Crippen LogP contribution < -0.4 is 0 Å². The van der Waals surface area contributed by atoms with Crippen molar-refractivity contribution in [1.82, 2.24) is 4.98 Å². The molecular weight excluding hydrogens is 378 g/mol. The Bertz CT molecular complexity index is 1050. The summed E-state index contributed by atoms with van der Waals surface area (Å²) in [4.78, 5) is 13.7. The topological polar surface area (TPSA) is 40.5 Å². The Morgan fingerprint density at radius 2 is 1.16 bits per heavy atom. The van der Waals surface area contributed by atoms with Crippen LogP contribution in [0.3, 0.4) is 0 Å². The van der Waals surface area contributed by atoms with E-state index < -0.39 is 0 Å². The third kappa shape index (κ3) is 4.20. The summed E-state index contributed by atoms with van der Waals surface area (Å²) in [6.45, 7) is 17.7. The molecule has 0 bridgehead atoms. The van der Waals surface area contributed by atoms with Gasteiger partial charge in [0.05, 0.1) is 17.1 Å². The lowest BCUT2D eigenvalue weighted by Crippen LogP contribution is -1.98. The van der Waals surface area contributed by atoms with Crippen molar-refractivity contribution in [1.29, 1.82) is 0 Å². The zero-order valence-electron chi connectivity index (χ0n) is 20.8. The molecule has 2 aliphatic rings. The molecule has 0 unspecified atom stereocenters. The van der Waals surface area contributed by atoms with E-state index in [0.29, 0.717) is 0 Å². The minimum atomic E-state index is 0.988. The number of nitrogens with one attached hydrogen (secondary N) is 1. The number of rotatable bonds is 8. The van der Waals surface area contributed by atoms with Crippen LogP contribution in [0, 0.1) is 6.92 Å². The lowest BCUT2D eigenvalue weighted by molar-refractivity contribution is 1.04. The maximum absolute atomic E-state index is 5.15. The molecule has 3 rings (SSSR count). The summed E-state index contributed by atoms with van der Waals surface area (Å²) in [5, 5.41) is 0. The minimum absolute atomic E-state index is 0.988. The number of nitrogens with zero attached hydrogens (tertiary/aromatic N) is 2. The summed E-state index contributed by atoms with van der Waals surface area (Å²) < 4.78 is 0. The molecule has 0 saturated heterocycles. The van der Waals surface area contributed by atoms with Crippen LogP contribution in [0.4, 0.5) is 0 Å². The average molecular weight is 418 g/mol. The van der Waals surface area contributed by atoms with E-state index in [1.807, 2.05) is 0 Å². The lowest BCUT2D eigenvalue weighted by Gasteiger charge is -2.06. The van der Waals surface area contributed by atoms with Gasteiger partial charge in [-0.15, -0.1) is 0 Å². The highest BCUT2D eigenvalue weighted by Gasteiger charge is 2.24. The molecule has 3 heterocycles. The minimum Gasteiger partial charge on any atom is -0.359 e. The molecule has 2 aliphatic heterocycles. The fourth-order valence-electron chi connectivity index (χ4n) is 5.29. The number of aromatic nitrogens is 1. The molecule has 0 atom stereocenters. The van der Waals surface area contributed by atoms with Crippen LogP contribution >= 0.6 is 0 Å². The smallest absolute Gasteiger partial charge is 0.0694 e. The predicted octanol–water partition coefficient (Wildman–Crippen LogP) is 7.84. The Morgan fingerprint density at radius 1 is 0.613 bits per heavy atom. The highest BCUT2D eigenvalue weighted by molar-refractivity contribution is 6.14. The summed E-state index contributed by atoms with van der Waals surface area (Å²) in [6, 6.07) is 0. The van der Waals surface area contributed by atoms with Gasteiger partial charge >= 0.3 is 0 Å². The van der Waals surface area contributed by atoms with Crippen molar-refractivity contribution < 1.29 is 0 Å². The summed E-state index contributed by atoms with van der Waals surface area (Å²) in [7, 11) is 0. The predicted molar refractivity (Wildman–Crippen MR) is 136 cm³/mol. The van der Waals surface area contributed by atoms with E-state index >= 15 is 0 Å². The van der Waals surface area contributed by atoms with Crippen molar-refractivity contribution in [3.8, 4) is 0 Å². The molecule has 0 radical (unpaired) electrons. The maximum Gasteiger partial charge on any atom is 0.0694 e. The van der Waals surface area contributed by atoms with Crippen LogP contribution in [-0.4, -0.2) is 16.4 Å². The summed E-state index contributed by atoms with van der Waals surface area (Å²) in [5.74, 6) is 0. The molecule has 3 nitrogen and oxygen atoms in total. The zero-order valence-corrected chi connectivity index (χ0v) is 20.8. The molecule has 1 N–H and O–H groups in total. The second-order valence-electron chi connectivity index (χ2n) is 8.41. The molecule has 3 heteroatoms. The van der Waals surface area contributed by atoms with Crippen LogP contribution in [-0.2, 0) is 12.8 Å². The third-order valence-electron chi connectivity index (χ3n) is 6.76. The lowest BCUT2D eigenvalue weighted by atomic mass is 9.96. The maximum atomic E-state index is 5.15. The highest BCUT2D eigenvalue weighted by Crippen LogP contribution is 2.36. The molecule has 0 aliphatic carbocycles. The van der Waals surface area contributed by atoms with Crippen molar-refractivity contribution in [3.05, 3.63) is 62.3 Å². The first-order valence-electron chi connectivity index (χ1n) is 12.2. The van der Waals surface area contributed by atoms with E-state index in [1.165, 1.54) is 50.5 Å². The first-order chi connectivity index (χ1) is 14.9. The van der Waals surface area contributed by atoms with Gasteiger partial charge in [-0.05, 0) is 97.9 Å². The number of aliphatic imine (C=N–C) groups is 2. The Hall–Kier alpha value is -2.42. The quantitative estimate of drug-likeness (QED) is 0.447. The van der Waals surface area contributed by atoms with Crippen molar-refractivity contribution in [2.45, 2.75) is 93.9 Å². The Morgan fingerprint density at radius 3 is 1.71 bits per heavy atom. The molecule has 1 aromatic heterocycles. The molecule has 166 valence electrons. The zero-order chi connectivity index (χ0) is 22.7. The number of hydrogen-bond acceptors (Lipinski definition) is 2. The number of allylic oxidation sites excluding steroid dienone is 5. The third-order valence-corrected chi connectivity index (χ3v) is 6.76. The molecule has 31 heavy (non-hydrogen) atoms. The highest BCUT2D eigenvalue weighted by atomic mass is 14.8. The Balaban J connectivity index is 2.13. The summed E-state index contributed by atoms with van der Waals surface area (Å²) in [5.41, 5.74) is 15.4. The average Bonchev–Trinajstić information content (AvgIpc) is 3.36. The van der Waals surface area contributed by atoms with Gasteiger partial charge in [0.25, 0.3) is 0 Å². The molecule has 1 aromatic rings. The van der Waals surface area contributed by atoms with Crippen LogP contribution in [0.25, 0.3) is 6.08 Å². The van der Waals surface area contributed by atoms with Crippen LogP contribution in [0.15, 0.2) is 49.7 Å². The van der Waals surface area contributed by atoms with E-state index in [1.54, 1.807) is 0 Å². The first-order valence-corrected chi connectivity index (χ1v) is 12.2. The van der Waals surface area contributed by atoms with Crippen LogP contribution in [0.2, 0.25) is 0 Å².